The van der Waals surface area contributed by atoms with Gasteiger partial charge in [-0.25, -0.2) is 4.98 Å². The highest BCUT2D eigenvalue weighted by molar-refractivity contribution is 5.50. The van der Waals surface area contributed by atoms with Gasteiger partial charge in [0.05, 0.1) is 18.3 Å². The molecular formula is C15H21N3O. The Kier molecular flexibility index (Phi) is 5.64. The molecular weight excluding hydrogens is 238 g/mol. The molecule has 1 aliphatic carbocycles. The van der Waals surface area contributed by atoms with Gasteiger partial charge in [0.15, 0.2) is 0 Å². The molecule has 1 aliphatic rings. The van der Waals surface area contributed by atoms with Crippen LogP contribution in [-0.2, 0) is 4.74 Å². The van der Waals surface area contributed by atoms with E-state index in [0.29, 0.717) is 30.6 Å². The molecule has 0 saturated heterocycles. The number of rotatable bonds is 5. The molecule has 2 rings (SSSR count). The van der Waals surface area contributed by atoms with Gasteiger partial charge in [0.2, 0.25) is 0 Å². The average Bonchev–Trinajstić information content (AvgIpc) is 2.72. The van der Waals surface area contributed by atoms with Gasteiger partial charge < -0.3 is 10.1 Å². The van der Waals surface area contributed by atoms with Crippen molar-refractivity contribution >= 4 is 5.82 Å². The van der Waals surface area contributed by atoms with Crippen LogP contribution in [-0.4, -0.2) is 24.2 Å². The molecule has 1 aromatic rings. The summed E-state index contributed by atoms with van der Waals surface area (Å²) in [5, 5.41) is 12.1. The smallest absolute Gasteiger partial charge is 0.143 e. The Balaban J connectivity index is 1.70. The Morgan fingerprint density at radius 2 is 2.11 bits per heavy atom. The predicted molar refractivity (Wildman–Crippen MR) is 74.9 cm³/mol. The molecule has 1 fully saturated rings. The van der Waals surface area contributed by atoms with Gasteiger partial charge in [-0.3, -0.25) is 0 Å². The summed E-state index contributed by atoms with van der Waals surface area (Å²) in [5.74, 6) is 0.648. The molecule has 0 atom stereocenters. The van der Waals surface area contributed by atoms with Crippen LogP contribution in [0.4, 0.5) is 5.82 Å². The lowest BCUT2D eigenvalue weighted by Gasteiger charge is -2.15. The first-order valence-electron chi connectivity index (χ1n) is 7.11. The van der Waals surface area contributed by atoms with Crippen molar-refractivity contribution in [2.75, 3.05) is 18.5 Å². The Labute approximate surface area is 114 Å². The minimum atomic E-state index is 0.420. The second kappa shape index (κ2) is 7.75. The van der Waals surface area contributed by atoms with E-state index < -0.39 is 0 Å². The quantitative estimate of drug-likeness (QED) is 0.652. The molecule has 19 heavy (non-hydrogen) atoms. The monoisotopic (exact) mass is 259 g/mol. The Hall–Kier alpha value is -1.60. The molecule has 0 aromatic carbocycles. The van der Waals surface area contributed by atoms with Crippen LogP contribution < -0.4 is 5.32 Å². The van der Waals surface area contributed by atoms with Crippen LogP contribution in [0.25, 0.3) is 0 Å². The highest BCUT2D eigenvalue weighted by Gasteiger charge is 2.12. The maximum absolute atomic E-state index is 8.95. The lowest BCUT2D eigenvalue weighted by Crippen LogP contribution is -2.18. The highest BCUT2D eigenvalue weighted by atomic mass is 16.5. The molecule has 0 bridgehead atoms. The third-order valence-corrected chi connectivity index (χ3v) is 3.48. The second-order valence-corrected chi connectivity index (χ2v) is 4.92. The van der Waals surface area contributed by atoms with Crippen LogP contribution in [0.15, 0.2) is 18.3 Å². The minimum absolute atomic E-state index is 0.420. The molecule has 4 heteroatoms. The Morgan fingerprint density at radius 1 is 1.32 bits per heavy atom. The molecule has 0 radical (unpaired) electrons. The van der Waals surface area contributed by atoms with E-state index in [2.05, 4.69) is 16.4 Å². The van der Waals surface area contributed by atoms with E-state index in [0.717, 1.165) is 0 Å². The summed E-state index contributed by atoms with van der Waals surface area (Å²) < 4.78 is 5.88. The molecule has 1 N–H and O–H groups in total. The minimum Gasteiger partial charge on any atom is -0.376 e. The fraction of sp³-hybridized carbons (Fsp3) is 0.600. The lowest BCUT2D eigenvalue weighted by atomic mass is 10.1. The van der Waals surface area contributed by atoms with Crippen molar-refractivity contribution in [1.29, 1.82) is 5.26 Å². The zero-order chi connectivity index (χ0) is 13.3. The first-order chi connectivity index (χ1) is 9.40. The zero-order valence-corrected chi connectivity index (χ0v) is 11.3. The Bertz CT molecular complexity index is 420. The van der Waals surface area contributed by atoms with Gasteiger partial charge >= 0.3 is 0 Å². The summed E-state index contributed by atoms with van der Waals surface area (Å²) in [6.45, 7) is 1.37. The van der Waals surface area contributed by atoms with Gasteiger partial charge in [-0.05, 0) is 25.0 Å². The first-order valence-corrected chi connectivity index (χ1v) is 7.11. The summed E-state index contributed by atoms with van der Waals surface area (Å²) in [4.78, 5) is 4.16. The van der Waals surface area contributed by atoms with Crippen LogP contribution in [0.2, 0.25) is 0 Å². The molecule has 0 unspecified atom stereocenters. The van der Waals surface area contributed by atoms with Crippen molar-refractivity contribution < 1.29 is 4.74 Å². The largest absolute Gasteiger partial charge is 0.376 e. The third-order valence-electron chi connectivity index (χ3n) is 3.48. The molecule has 102 valence electrons. The van der Waals surface area contributed by atoms with Crippen LogP contribution in [0.1, 0.15) is 44.1 Å². The maximum Gasteiger partial charge on any atom is 0.143 e. The molecule has 0 aliphatic heterocycles. The van der Waals surface area contributed by atoms with E-state index >= 15 is 0 Å². The van der Waals surface area contributed by atoms with Crippen LogP contribution in [0.5, 0.6) is 0 Å². The van der Waals surface area contributed by atoms with Crippen molar-refractivity contribution in [3.8, 4) is 6.07 Å². The third kappa shape index (κ3) is 4.53. The van der Waals surface area contributed by atoms with Crippen LogP contribution in [0.3, 0.4) is 0 Å². The first kappa shape index (κ1) is 13.8. The zero-order valence-electron chi connectivity index (χ0n) is 11.3. The molecule has 1 aromatic heterocycles. The number of nitrogens with one attached hydrogen (secondary N) is 1. The summed E-state index contributed by atoms with van der Waals surface area (Å²) in [6.07, 6.45) is 9.75. The number of hydrogen-bond donors (Lipinski definition) is 1. The van der Waals surface area contributed by atoms with E-state index in [1.807, 2.05) is 0 Å². The standard InChI is InChI=1S/C15H21N3O/c16-12-13-6-5-9-17-15(13)18-10-11-19-14-7-3-1-2-4-8-14/h5-6,9,14H,1-4,7-8,10-11H2,(H,17,18). The maximum atomic E-state index is 8.95. The number of anilines is 1. The fourth-order valence-corrected chi connectivity index (χ4v) is 2.44. The van der Waals surface area contributed by atoms with E-state index in [-0.39, 0.29) is 0 Å². The van der Waals surface area contributed by atoms with E-state index in [1.165, 1.54) is 38.5 Å². The van der Waals surface area contributed by atoms with Crippen molar-refractivity contribution in [1.82, 2.24) is 4.98 Å². The molecule has 0 spiro atoms. The summed E-state index contributed by atoms with van der Waals surface area (Å²) in [5.41, 5.74) is 0.581. The van der Waals surface area contributed by atoms with Crippen LogP contribution >= 0.6 is 0 Å². The van der Waals surface area contributed by atoms with Gasteiger partial charge in [0.25, 0.3) is 0 Å². The fourth-order valence-electron chi connectivity index (χ4n) is 2.44. The van der Waals surface area contributed by atoms with Gasteiger partial charge in [-0.1, -0.05) is 25.7 Å². The van der Waals surface area contributed by atoms with Gasteiger partial charge in [-0.15, -0.1) is 0 Å². The van der Waals surface area contributed by atoms with Crippen molar-refractivity contribution in [3.63, 3.8) is 0 Å². The predicted octanol–water partition coefficient (Wildman–Crippen LogP) is 3.10. The van der Waals surface area contributed by atoms with Gasteiger partial charge in [0, 0.05) is 12.7 Å². The van der Waals surface area contributed by atoms with E-state index in [4.69, 9.17) is 10.00 Å². The number of pyridine rings is 1. The van der Waals surface area contributed by atoms with Crippen molar-refractivity contribution in [3.05, 3.63) is 23.9 Å². The summed E-state index contributed by atoms with van der Waals surface area (Å²) in [7, 11) is 0. The lowest BCUT2D eigenvalue weighted by molar-refractivity contribution is 0.0501. The molecule has 0 amide bonds. The molecule has 1 heterocycles. The van der Waals surface area contributed by atoms with Crippen molar-refractivity contribution in [2.24, 2.45) is 0 Å². The normalized spacial score (nSPS) is 16.6. The van der Waals surface area contributed by atoms with Gasteiger partial charge in [-0.2, -0.15) is 5.26 Å². The van der Waals surface area contributed by atoms with Gasteiger partial charge in [0.1, 0.15) is 11.9 Å². The van der Waals surface area contributed by atoms with Crippen LogP contribution in [0, 0.1) is 11.3 Å². The number of nitriles is 1. The Morgan fingerprint density at radius 3 is 2.84 bits per heavy atom. The number of hydrogen-bond acceptors (Lipinski definition) is 4. The average molecular weight is 259 g/mol. The summed E-state index contributed by atoms with van der Waals surface area (Å²) >= 11 is 0. The van der Waals surface area contributed by atoms with E-state index in [9.17, 15) is 0 Å². The van der Waals surface area contributed by atoms with Crippen molar-refractivity contribution in [2.45, 2.75) is 44.6 Å². The molecule has 1 saturated carbocycles. The number of nitrogens with zero attached hydrogens (tertiary/aromatic N) is 2. The number of ether oxygens (including phenoxy) is 1. The molecule has 4 nitrogen and oxygen atoms in total. The topological polar surface area (TPSA) is 57.9 Å². The number of aromatic nitrogens is 1. The second-order valence-electron chi connectivity index (χ2n) is 4.92. The summed E-state index contributed by atoms with van der Waals surface area (Å²) in [6, 6.07) is 5.66. The van der Waals surface area contributed by atoms with E-state index in [1.54, 1.807) is 18.3 Å². The highest BCUT2D eigenvalue weighted by Crippen LogP contribution is 2.19. The SMILES string of the molecule is N#Cc1cccnc1NCCOC1CCCCCC1.